The fraction of sp³-hybridized carbons (Fsp3) is 0.350. The van der Waals surface area contributed by atoms with Gasteiger partial charge in [0.15, 0.2) is 5.65 Å². The molecule has 2 amide bonds. The zero-order valence-electron chi connectivity index (χ0n) is 17.1. The maximum Gasteiger partial charge on any atom is 0.254 e. The smallest absolute Gasteiger partial charge is 0.254 e. The predicted octanol–water partition coefficient (Wildman–Crippen LogP) is 1.44. The van der Waals surface area contributed by atoms with Crippen molar-refractivity contribution in [2.75, 3.05) is 25.6 Å². The number of primary amides is 1. The van der Waals surface area contributed by atoms with Gasteiger partial charge in [0.25, 0.3) is 5.91 Å². The lowest BCUT2D eigenvalue weighted by atomic mass is 10.1. The zero-order valence-corrected chi connectivity index (χ0v) is 17.1. The number of nitrogens with one attached hydrogen (secondary N) is 1. The predicted molar refractivity (Wildman–Crippen MR) is 110 cm³/mol. The summed E-state index contributed by atoms with van der Waals surface area (Å²) in [6.07, 6.45) is 3.68. The first-order valence-corrected chi connectivity index (χ1v) is 9.42. The number of nitrogens with two attached hydrogens (primary N) is 1. The number of fused-ring (bicyclic) bond motifs is 1. The van der Waals surface area contributed by atoms with E-state index >= 15 is 0 Å². The highest BCUT2D eigenvalue weighted by Crippen LogP contribution is 2.22. The van der Waals surface area contributed by atoms with Crippen molar-refractivity contribution < 1.29 is 19.1 Å². The molecule has 0 aliphatic heterocycles. The molecule has 3 heterocycles. The van der Waals surface area contributed by atoms with Crippen molar-refractivity contribution in [2.24, 2.45) is 5.73 Å². The lowest BCUT2D eigenvalue weighted by molar-refractivity contribution is -0.116. The Morgan fingerprint density at radius 2 is 2.07 bits per heavy atom. The first-order chi connectivity index (χ1) is 14.4. The number of rotatable bonds is 9. The second kappa shape index (κ2) is 9.31. The fourth-order valence-corrected chi connectivity index (χ4v) is 3.12. The highest BCUT2D eigenvalue weighted by molar-refractivity contribution is 5.98. The first kappa shape index (κ1) is 21.2. The number of nitrogens with zero attached hydrogens (tertiary/aromatic N) is 4. The maximum absolute atomic E-state index is 12.5. The molecule has 30 heavy (non-hydrogen) atoms. The van der Waals surface area contributed by atoms with E-state index in [-0.39, 0.29) is 17.9 Å². The Labute approximate surface area is 173 Å². The third kappa shape index (κ3) is 4.54. The van der Waals surface area contributed by atoms with Crippen molar-refractivity contribution in [2.45, 2.75) is 26.7 Å². The molecule has 0 unspecified atom stereocenters. The molecule has 10 nitrogen and oxygen atoms in total. The van der Waals surface area contributed by atoms with Crippen LogP contribution in [0.5, 0.6) is 5.88 Å². The highest BCUT2D eigenvalue weighted by Gasteiger charge is 2.17. The molecule has 0 saturated carbocycles. The van der Waals surface area contributed by atoms with Crippen LogP contribution >= 0.6 is 0 Å². The second-order valence-electron chi connectivity index (χ2n) is 6.66. The lowest BCUT2D eigenvalue weighted by Crippen LogP contribution is -2.16. The fourth-order valence-electron chi connectivity index (χ4n) is 3.12. The van der Waals surface area contributed by atoms with Crippen LogP contribution in [-0.2, 0) is 16.0 Å². The van der Waals surface area contributed by atoms with Gasteiger partial charge in [-0.25, -0.2) is 14.5 Å². The molecular formula is C20H24N6O4. The van der Waals surface area contributed by atoms with Crippen LogP contribution in [0.15, 0.2) is 24.5 Å². The van der Waals surface area contributed by atoms with Crippen LogP contribution in [0.3, 0.4) is 0 Å². The summed E-state index contributed by atoms with van der Waals surface area (Å²) >= 11 is 0. The Morgan fingerprint density at radius 3 is 2.80 bits per heavy atom. The van der Waals surface area contributed by atoms with Crippen LogP contribution in [0.4, 0.5) is 5.69 Å². The molecule has 3 aromatic heterocycles. The molecule has 0 radical (unpaired) electrons. The van der Waals surface area contributed by atoms with Crippen LogP contribution in [0, 0.1) is 13.8 Å². The zero-order chi connectivity index (χ0) is 21.7. The minimum absolute atomic E-state index is 0.184. The van der Waals surface area contributed by atoms with Gasteiger partial charge < -0.3 is 20.5 Å². The van der Waals surface area contributed by atoms with Crippen LogP contribution in [0.1, 0.15) is 33.7 Å². The number of anilines is 1. The number of hydrogen-bond acceptors (Lipinski definition) is 7. The summed E-state index contributed by atoms with van der Waals surface area (Å²) in [6, 6.07) is 3.45. The molecule has 158 valence electrons. The summed E-state index contributed by atoms with van der Waals surface area (Å²) in [4.78, 5) is 32.7. The van der Waals surface area contributed by atoms with Gasteiger partial charge in [0.05, 0.1) is 12.8 Å². The number of aromatic nitrogens is 4. The average Bonchev–Trinajstić information content (AvgIpc) is 3.13. The Bertz CT molecular complexity index is 1080. The summed E-state index contributed by atoms with van der Waals surface area (Å²) in [7, 11) is 1.58. The Balaban J connectivity index is 1.71. The number of carbonyl (C=O) groups is 2. The summed E-state index contributed by atoms with van der Waals surface area (Å²) < 4.78 is 12.1. The third-order valence-electron chi connectivity index (χ3n) is 4.65. The largest absolute Gasteiger partial charge is 0.474 e. The number of pyridine rings is 1. The van der Waals surface area contributed by atoms with E-state index < -0.39 is 5.91 Å². The van der Waals surface area contributed by atoms with Crippen LogP contribution < -0.4 is 15.8 Å². The van der Waals surface area contributed by atoms with Crippen molar-refractivity contribution in [3.8, 4) is 5.88 Å². The highest BCUT2D eigenvalue weighted by atomic mass is 16.5. The van der Waals surface area contributed by atoms with Crippen molar-refractivity contribution in [1.29, 1.82) is 0 Å². The van der Waals surface area contributed by atoms with Crippen molar-refractivity contribution in [3.05, 3.63) is 47.0 Å². The standard InChI is InChI=1S/C20H24N6O4/c1-12-14(13(2)26-19(24-12)15(11-23-26)18(21)28)6-7-17(27)25-16-5-4-8-22-20(16)30-10-9-29-3/h4-5,8,11H,6-7,9-10H2,1-3H3,(H2,21,28)(H,25,27). The Hall–Kier alpha value is -3.53. The van der Waals surface area contributed by atoms with E-state index in [1.807, 2.05) is 13.8 Å². The quantitative estimate of drug-likeness (QED) is 0.508. The molecule has 0 aliphatic carbocycles. The molecule has 3 N–H and O–H groups in total. The first-order valence-electron chi connectivity index (χ1n) is 9.42. The van der Waals surface area contributed by atoms with Gasteiger partial charge in [-0.15, -0.1) is 0 Å². The second-order valence-corrected chi connectivity index (χ2v) is 6.66. The van der Waals surface area contributed by atoms with Gasteiger partial charge >= 0.3 is 0 Å². The molecule has 3 rings (SSSR count). The SMILES string of the molecule is COCCOc1ncccc1NC(=O)CCc1c(C)nc2c(C(N)=O)cnn2c1C. The number of methoxy groups -OCH3 is 1. The van der Waals surface area contributed by atoms with Gasteiger partial charge in [-0.3, -0.25) is 9.59 Å². The summed E-state index contributed by atoms with van der Waals surface area (Å²) in [5, 5.41) is 7.03. The number of hydrogen-bond donors (Lipinski definition) is 2. The molecule has 0 saturated heterocycles. The Kier molecular flexibility index (Phi) is 6.58. The molecule has 0 fully saturated rings. The van der Waals surface area contributed by atoms with E-state index in [2.05, 4.69) is 20.4 Å². The van der Waals surface area contributed by atoms with Crippen LogP contribution in [-0.4, -0.2) is 51.7 Å². The van der Waals surface area contributed by atoms with Gasteiger partial charge in [-0.1, -0.05) is 0 Å². The minimum Gasteiger partial charge on any atom is -0.474 e. The lowest BCUT2D eigenvalue weighted by Gasteiger charge is -2.13. The van der Waals surface area contributed by atoms with E-state index in [0.717, 1.165) is 17.0 Å². The summed E-state index contributed by atoms with van der Waals surface area (Å²) in [5.41, 5.74) is 8.98. The average molecular weight is 412 g/mol. The van der Waals surface area contributed by atoms with Gasteiger partial charge in [-0.05, 0) is 38.0 Å². The molecule has 0 bridgehead atoms. The van der Waals surface area contributed by atoms with Crippen LogP contribution in [0.25, 0.3) is 5.65 Å². The normalized spacial score (nSPS) is 10.9. The topological polar surface area (TPSA) is 134 Å². The molecule has 0 atom stereocenters. The maximum atomic E-state index is 12.5. The van der Waals surface area contributed by atoms with E-state index in [1.165, 1.54) is 6.20 Å². The minimum atomic E-state index is -0.580. The van der Waals surface area contributed by atoms with Gasteiger partial charge in [-0.2, -0.15) is 5.10 Å². The van der Waals surface area contributed by atoms with Gasteiger partial charge in [0.2, 0.25) is 11.8 Å². The number of aryl methyl sites for hydroxylation is 2. The summed E-state index contributed by atoms with van der Waals surface area (Å²) in [5.74, 6) is -0.422. The monoisotopic (exact) mass is 412 g/mol. The molecule has 10 heteroatoms. The number of ether oxygens (including phenoxy) is 2. The van der Waals surface area contributed by atoms with Crippen LogP contribution in [0.2, 0.25) is 0 Å². The Morgan fingerprint density at radius 1 is 1.27 bits per heavy atom. The molecule has 0 aromatic carbocycles. The number of amides is 2. The van der Waals surface area contributed by atoms with Crippen molar-refractivity contribution >= 4 is 23.1 Å². The van der Waals surface area contributed by atoms with Crippen molar-refractivity contribution in [3.63, 3.8) is 0 Å². The summed E-state index contributed by atoms with van der Waals surface area (Å²) in [6.45, 7) is 4.46. The molecule has 3 aromatic rings. The van der Waals surface area contributed by atoms with E-state index in [4.69, 9.17) is 15.2 Å². The van der Waals surface area contributed by atoms with Crippen molar-refractivity contribution in [1.82, 2.24) is 19.6 Å². The van der Waals surface area contributed by atoms with Gasteiger partial charge in [0.1, 0.15) is 17.9 Å². The molecule has 0 aliphatic rings. The van der Waals surface area contributed by atoms with E-state index in [9.17, 15) is 9.59 Å². The van der Waals surface area contributed by atoms with E-state index in [1.54, 1.807) is 30.0 Å². The molecule has 0 spiro atoms. The van der Waals surface area contributed by atoms with Gasteiger partial charge in [0, 0.05) is 31.1 Å². The van der Waals surface area contributed by atoms with E-state index in [0.29, 0.717) is 36.8 Å². The number of carbonyl (C=O) groups excluding carboxylic acids is 2. The molecular weight excluding hydrogens is 388 g/mol. The third-order valence-corrected chi connectivity index (χ3v) is 4.65.